The van der Waals surface area contributed by atoms with E-state index >= 15 is 0 Å². The predicted octanol–water partition coefficient (Wildman–Crippen LogP) is 0.885. The van der Waals surface area contributed by atoms with Crippen LogP contribution >= 0.6 is 0 Å². The number of rotatable bonds is 0. The summed E-state index contributed by atoms with van der Waals surface area (Å²) in [6.45, 7) is 0. The molecule has 0 radical (unpaired) electrons. The van der Waals surface area contributed by atoms with E-state index in [0.29, 0.717) is 0 Å². The molecule has 4 atom stereocenters. The Morgan fingerprint density at radius 3 is 2.36 bits per heavy atom. The van der Waals surface area contributed by atoms with Crippen LogP contribution in [-0.4, -0.2) is 17.3 Å². The number of hydrogen-bond acceptors (Lipinski definition) is 2. The lowest BCUT2D eigenvalue weighted by molar-refractivity contribution is 0.119. The molecule has 0 amide bonds. The standard InChI is InChI=1S/C9H17NO/c10-8-3-1-6-5-7(6)2-4-9(8)11/h6-9,11H,1-5,10H2/t6-,7+,8-,9-/m1/s1. The molecular weight excluding hydrogens is 138 g/mol. The van der Waals surface area contributed by atoms with Crippen LogP contribution in [0.5, 0.6) is 0 Å². The molecule has 2 saturated carbocycles. The van der Waals surface area contributed by atoms with E-state index in [4.69, 9.17) is 5.73 Å². The summed E-state index contributed by atoms with van der Waals surface area (Å²) in [6.07, 6.45) is 5.60. The van der Waals surface area contributed by atoms with Gasteiger partial charge in [-0.1, -0.05) is 0 Å². The molecule has 0 unspecified atom stereocenters. The van der Waals surface area contributed by atoms with Crippen LogP contribution in [0.4, 0.5) is 0 Å². The molecule has 0 aromatic rings. The molecule has 2 nitrogen and oxygen atoms in total. The second kappa shape index (κ2) is 2.76. The van der Waals surface area contributed by atoms with Gasteiger partial charge >= 0.3 is 0 Å². The highest BCUT2D eigenvalue weighted by Crippen LogP contribution is 2.46. The van der Waals surface area contributed by atoms with Gasteiger partial charge in [0.15, 0.2) is 0 Å². The van der Waals surface area contributed by atoms with E-state index in [0.717, 1.165) is 24.7 Å². The maximum Gasteiger partial charge on any atom is 0.0691 e. The van der Waals surface area contributed by atoms with Gasteiger partial charge in [-0.05, 0) is 43.9 Å². The average molecular weight is 155 g/mol. The number of hydrogen-bond donors (Lipinski definition) is 2. The zero-order valence-electron chi connectivity index (χ0n) is 6.87. The number of nitrogens with two attached hydrogens (primary N) is 1. The first-order valence-electron chi connectivity index (χ1n) is 4.71. The minimum absolute atomic E-state index is 0.0524. The highest BCUT2D eigenvalue weighted by atomic mass is 16.3. The van der Waals surface area contributed by atoms with Gasteiger partial charge < -0.3 is 10.8 Å². The van der Waals surface area contributed by atoms with Crippen LogP contribution < -0.4 is 5.73 Å². The van der Waals surface area contributed by atoms with Gasteiger partial charge in [-0.3, -0.25) is 0 Å². The van der Waals surface area contributed by atoms with Gasteiger partial charge in [-0.15, -0.1) is 0 Å². The maximum absolute atomic E-state index is 9.49. The highest BCUT2D eigenvalue weighted by Gasteiger charge is 2.38. The third-order valence-corrected chi connectivity index (χ3v) is 3.27. The zero-order chi connectivity index (χ0) is 7.84. The SMILES string of the molecule is N[C@@H]1CC[C@@H]2C[C@@H]2CC[C@H]1O. The first-order valence-corrected chi connectivity index (χ1v) is 4.71. The molecule has 0 aromatic carbocycles. The molecule has 2 heteroatoms. The van der Waals surface area contributed by atoms with Crippen molar-refractivity contribution in [1.82, 2.24) is 0 Å². The molecule has 0 aliphatic heterocycles. The van der Waals surface area contributed by atoms with Crippen molar-refractivity contribution in [3.63, 3.8) is 0 Å². The average Bonchev–Trinajstić information content (AvgIpc) is 2.72. The van der Waals surface area contributed by atoms with Crippen molar-refractivity contribution < 1.29 is 5.11 Å². The Labute approximate surface area is 67.8 Å². The van der Waals surface area contributed by atoms with E-state index in [1.807, 2.05) is 0 Å². The maximum atomic E-state index is 9.49. The van der Waals surface area contributed by atoms with Crippen molar-refractivity contribution in [2.24, 2.45) is 17.6 Å². The van der Waals surface area contributed by atoms with Gasteiger partial charge in [0.25, 0.3) is 0 Å². The van der Waals surface area contributed by atoms with Gasteiger partial charge in [0.1, 0.15) is 0 Å². The predicted molar refractivity (Wildman–Crippen MR) is 44.0 cm³/mol. The van der Waals surface area contributed by atoms with Crippen LogP contribution in [0, 0.1) is 11.8 Å². The summed E-state index contributed by atoms with van der Waals surface area (Å²) in [7, 11) is 0. The lowest BCUT2D eigenvalue weighted by Gasteiger charge is -2.20. The van der Waals surface area contributed by atoms with Crippen molar-refractivity contribution in [3.05, 3.63) is 0 Å². The van der Waals surface area contributed by atoms with Crippen molar-refractivity contribution in [1.29, 1.82) is 0 Å². The van der Waals surface area contributed by atoms with Crippen LogP contribution in [0.2, 0.25) is 0 Å². The Hall–Kier alpha value is -0.0800. The molecule has 11 heavy (non-hydrogen) atoms. The van der Waals surface area contributed by atoms with Gasteiger partial charge in [0.2, 0.25) is 0 Å². The molecule has 0 spiro atoms. The smallest absolute Gasteiger partial charge is 0.0691 e. The van der Waals surface area contributed by atoms with Crippen LogP contribution in [0.1, 0.15) is 32.1 Å². The normalized spacial score (nSPS) is 50.7. The Balaban J connectivity index is 1.89. The molecule has 2 rings (SSSR count). The van der Waals surface area contributed by atoms with E-state index in [1.165, 1.54) is 19.3 Å². The molecule has 3 N–H and O–H groups in total. The zero-order valence-corrected chi connectivity index (χ0v) is 6.87. The van der Waals surface area contributed by atoms with Gasteiger partial charge in [0.05, 0.1) is 6.10 Å². The van der Waals surface area contributed by atoms with E-state index in [9.17, 15) is 5.11 Å². The largest absolute Gasteiger partial charge is 0.392 e. The fraction of sp³-hybridized carbons (Fsp3) is 1.00. The molecule has 0 aromatic heterocycles. The minimum atomic E-state index is -0.225. The third-order valence-electron chi connectivity index (χ3n) is 3.27. The topological polar surface area (TPSA) is 46.2 Å². The summed E-state index contributed by atoms with van der Waals surface area (Å²) >= 11 is 0. The summed E-state index contributed by atoms with van der Waals surface area (Å²) in [5.74, 6) is 1.91. The monoisotopic (exact) mass is 155 g/mol. The Kier molecular flexibility index (Phi) is 1.90. The lowest BCUT2D eigenvalue weighted by atomic mass is 9.95. The van der Waals surface area contributed by atoms with Gasteiger partial charge in [-0.2, -0.15) is 0 Å². The molecular formula is C9H17NO. The number of aliphatic hydroxyl groups is 1. The second-order valence-corrected chi connectivity index (χ2v) is 4.14. The van der Waals surface area contributed by atoms with Crippen LogP contribution in [0.15, 0.2) is 0 Å². The second-order valence-electron chi connectivity index (χ2n) is 4.14. The molecule has 64 valence electrons. The first kappa shape index (κ1) is 7.56. The van der Waals surface area contributed by atoms with Crippen LogP contribution in [0.3, 0.4) is 0 Å². The number of aliphatic hydroxyl groups excluding tert-OH is 1. The molecule has 0 bridgehead atoms. The van der Waals surface area contributed by atoms with Gasteiger partial charge in [0, 0.05) is 6.04 Å². The molecule has 2 aliphatic carbocycles. The highest BCUT2D eigenvalue weighted by molar-refractivity contribution is 4.91. The van der Waals surface area contributed by atoms with Crippen molar-refractivity contribution in [3.8, 4) is 0 Å². The fourth-order valence-corrected chi connectivity index (χ4v) is 2.22. The first-order chi connectivity index (χ1) is 5.27. The summed E-state index contributed by atoms with van der Waals surface area (Å²) in [5.41, 5.74) is 5.78. The van der Waals surface area contributed by atoms with Crippen molar-refractivity contribution in [2.45, 2.75) is 44.2 Å². The van der Waals surface area contributed by atoms with Gasteiger partial charge in [-0.25, -0.2) is 0 Å². The van der Waals surface area contributed by atoms with E-state index in [-0.39, 0.29) is 12.1 Å². The van der Waals surface area contributed by atoms with E-state index < -0.39 is 0 Å². The van der Waals surface area contributed by atoms with Crippen molar-refractivity contribution in [2.75, 3.05) is 0 Å². The van der Waals surface area contributed by atoms with Crippen molar-refractivity contribution >= 4 is 0 Å². The molecule has 2 fully saturated rings. The third kappa shape index (κ3) is 1.57. The number of fused-ring (bicyclic) bond motifs is 1. The van der Waals surface area contributed by atoms with Crippen LogP contribution in [-0.2, 0) is 0 Å². The van der Waals surface area contributed by atoms with E-state index in [1.54, 1.807) is 0 Å². The summed E-state index contributed by atoms with van der Waals surface area (Å²) < 4.78 is 0. The van der Waals surface area contributed by atoms with Crippen LogP contribution in [0.25, 0.3) is 0 Å². The summed E-state index contributed by atoms with van der Waals surface area (Å²) in [4.78, 5) is 0. The summed E-state index contributed by atoms with van der Waals surface area (Å²) in [5, 5.41) is 9.49. The Morgan fingerprint density at radius 2 is 1.64 bits per heavy atom. The minimum Gasteiger partial charge on any atom is -0.392 e. The van der Waals surface area contributed by atoms with E-state index in [2.05, 4.69) is 0 Å². The lowest BCUT2D eigenvalue weighted by Crippen LogP contribution is -2.35. The molecule has 0 heterocycles. The Morgan fingerprint density at radius 1 is 1.00 bits per heavy atom. The summed E-state index contributed by atoms with van der Waals surface area (Å²) in [6, 6.07) is 0.0524. The molecule has 2 aliphatic rings. The molecule has 0 saturated heterocycles. The fourth-order valence-electron chi connectivity index (χ4n) is 2.22. The quantitative estimate of drug-likeness (QED) is 0.545. The Bertz CT molecular complexity index is 132.